The third-order valence-corrected chi connectivity index (χ3v) is 8.21. The van der Waals surface area contributed by atoms with Crippen molar-refractivity contribution in [3.8, 4) is 17.0 Å². The van der Waals surface area contributed by atoms with E-state index in [1.807, 2.05) is 61.6 Å². The zero-order valence-electron chi connectivity index (χ0n) is 25.0. The minimum atomic E-state index is -0.736. The zero-order chi connectivity index (χ0) is 30.6. The summed E-state index contributed by atoms with van der Waals surface area (Å²) in [5.41, 5.74) is 3.06. The highest BCUT2D eigenvalue weighted by molar-refractivity contribution is 5.81. The van der Waals surface area contributed by atoms with Crippen molar-refractivity contribution in [2.45, 2.75) is 37.1 Å². The number of methoxy groups -OCH3 is 1. The molecule has 3 aromatic carbocycles. The van der Waals surface area contributed by atoms with Gasteiger partial charge in [-0.05, 0) is 36.4 Å². The first kappa shape index (κ1) is 29.7. The van der Waals surface area contributed by atoms with Gasteiger partial charge in [0.2, 0.25) is 0 Å². The van der Waals surface area contributed by atoms with Crippen LogP contribution in [0.1, 0.15) is 24.3 Å². The van der Waals surface area contributed by atoms with Crippen LogP contribution in [0.5, 0.6) is 5.75 Å². The molecule has 0 spiro atoms. The molecule has 0 aliphatic carbocycles. The van der Waals surface area contributed by atoms with Gasteiger partial charge in [0.15, 0.2) is 6.29 Å². The molecule has 11 heteroatoms. The lowest BCUT2D eigenvalue weighted by Gasteiger charge is -2.46. The van der Waals surface area contributed by atoms with Crippen molar-refractivity contribution in [1.29, 1.82) is 0 Å². The van der Waals surface area contributed by atoms with Crippen molar-refractivity contribution in [2.75, 3.05) is 45.8 Å². The van der Waals surface area contributed by atoms with Crippen LogP contribution in [0.15, 0.2) is 85.1 Å². The van der Waals surface area contributed by atoms with Crippen LogP contribution < -0.4 is 9.64 Å². The number of aromatic nitrogens is 3. The Morgan fingerprint density at radius 1 is 1.02 bits per heavy atom. The van der Waals surface area contributed by atoms with Gasteiger partial charge in [0, 0.05) is 50.4 Å². The number of benzene rings is 3. The Labute approximate surface area is 255 Å². The number of ether oxygens (including phenoxy) is 4. The molecular weight excluding hydrogens is 565 g/mol. The van der Waals surface area contributed by atoms with E-state index < -0.39 is 24.6 Å². The van der Waals surface area contributed by atoms with Crippen LogP contribution in [0.25, 0.3) is 11.3 Å². The van der Waals surface area contributed by atoms with E-state index in [1.165, 1.54) is 12.1 Å². The van der Waals surface area contributed by atoms with Crippen molar-refractivity contribution >= 4 is 11.6 Å². The van der Waals surface area contributed by atoms with Crippen LogP contribution in [0.4, 0.5) is 10.1 Å². The number of fused-ring (bicyclic) bond motifs is 1. The quantitative estimate of drug-likeness (QED) is 0.277. The summed E-state index contributed by atoms with van der Waals surface area (Å²) in [4.78, 5) is 17.5. The molecule has 5 atom stereocenters. The Kier molecular flexibility index (Phi) is 8.87. The maximum atomic E-state index is 13.9. The van der Waals surface area contributed by atoms with Crippen molar-refractivity contribution in [2.24, 2.45) is 0 Å². The largest absolute Gasteiger partial charge is 0.497 e. The van der Waals surface area contributed by atoms with Gasteiger partial charge in [0.1, 0.15) is 35.6 Å². The van der Waals surface area contributed by atoms with Gasteiger partial charge in [0.25, 0.3) is 5.91 Å². The fourth-order valence-corrected chi connectivity index (χ4v) is 5.67. The molecule has 0 bridgehead atoms. The summed E-state index contributed by atoms with van der Waals surface area (Å²) in [6, 6.07) is 23.3. The fourth-order valence-electron chi connectivity index (χ4n) is 5.67. The van der Waals surface area contributed by atoms with Crippen molar-refractivity contribution < 1.29 is 28.1 Å². The summed E-state index contributed by atoms with van der Waals surface area (Å²) in [7, 11) is 5.41. The number of rotatable bonds is 9. The third-order valence-electron chi connectivity index (χ3n) is 8.21. The SMILES string of the molecule is COc1ccc(N(C)CCN(C)C(=O)[C@H]2C[C@@H](n3cc(-c4cccc(F)c4)nn3)[C@H]3OC(c4ccccc4)OC[C@H]3O2)cc1. The summed E-state index contributed by atoms with van der Waals surface area (Å²) in [6.45, 7) is 1.37. The van der Waals surface area contributed by atoms with Gasteiger partial charge in [-0.3, -0.25) is 4.79 Å². The van der Waals surface area contributed by atoms with E-state index in [2.05, 4.69) is 15.2 Å². The first-order chi connectivity index (χ1) is 21.4. The molecule has 0 radical (unpaired) electrons. The van der Waals surface area contributed by atoms with Gasteiger partial charge in [-0.15, -0.1) is 5.10 Å². The summed E-state index contributed by atoms with van der Waals surface area (Å²) < 4.78 is 39.8. The summed E-state index contributed by atoms with van der Waals surface area (Å²) in [5, 5.41) is 8.73. The molecule has 6 rings (SSSR count). The van der Waals surface area contributed by atoms with E-state index in [9.17, 15) is 9.18 Å². The molecule has 1 aromatic heterocycles. The van der Waals surface area contributed by atoms with E-state index in [4.69, 9.17) is 18.9 Å². The molecule has 0 N–H and O–H groups in total. The number of carbonyl (C=O) groups excluding carboxylic acids is 1. The Morgan fingerprint density at radius 3 is 2.57 bits per heavy atom. The smallest absolute Gasteiger partial charge is 0.251 e. The minimum Gasteiger partial charge on any atom is -0.497 e. The van der Waals surface area contributed by atoms with Crippen LogP contribution in [-0.2, 0) is 19.0 Å². The van der Waals surface area contributed by atoms with E-state index in [0.717, 1.165) is 17.0 Å². The normalized spacial score (nSPS) is 23.0. The standard InChI is InChI=1S/C33H36FN5O5/c1-37(25-12-14-26(41-3)15-13-25)16-17-38(2)32(40)29-19-28(39-20-27(35-36-39)23-10-7-11-24(34)18-23)31-30(43-29)21-42-33(44-31)22-8-5-4-6-9-22/h4-15,18,20,28-31,33H,16-17,19,21H2,1-3H3/t28-,29-,30-,31-,33?/m1/s1. The van der Waals surface area contributed by atoms with Gasteiger partial charge in [-0.1, -0.05) is 47.7 Å². The van der Waals surface area contributed by atoms with Gasteiger partial charge in [0.05, 0.1) is 26.0 Å². The van der Waals surface area contributed by atoms with Crippen molar-refractivity contribution in [3.05, 3.63) is 96.4 Å². The number of nitrogens with zero attached hydrogens (tertiary/aromatic N) is 5. The Hall–Kier alpha value is -4.32. The van der Waals surface area contributed by atoms with E-state index in [1.54, 1.807) is 42.1 Å². The molecule has 44 heavy (non-hydrogen) atoms. The lowest BCUT2D eigenvalue weighted by molar-refractivity contribution is -0.298. The molecule has 10 nitrogen and oxygen atoms in total. The number of halogens is 1. The lowest BCUT2D eigenvalue weighted by atomic mass is 9.93. The molecule has 230 valence electrons. The number of hydrogen-bond donors (Lipinski definition) is 0. The third kappa shape index (κ3) is 6.45. The second kappa shape index (κ2) is 13.1. The molecular formula is C33H36FN5O5. The van der Waals surface area contributed by atoms with Crippen LogP contribution in [0.2, 0.25) is 0 Å². The van der Waals surface area contributed by atoms with Gasteiger partial charge in [-0.25, -0.2) is 9.07 Å². The fraction of sp³-hybridized carbons (Fsp3) is 0.364. The Bertz CT molecular complexity index is 1550. The second-order valence-electron chi connectivity index (χ2n) is 11.1. The summed E-state index contributed by atoms with van der Waals surface area (Å²) in [5.74, 6) is 0.304. The van der Waals surface area contributed by atoms with E-state index >= 15 is 0 Å². The highest BCUT2D eigenvalue weighted by Gasteiger charge is 2.48. The maximum absolute atomic E-state index is 13.9. The first-order valence-corrected chi connectivity index (χ1v) is 14.6. The number of likely N-dealkylation sites (N-methyl/N-ethyl adjacent to an activating group) is 2. The Morgan fingerprint density at radius 2 is 1.82 bits per heavy atom. The van der Waals surface area contributed by atoms with Gasteiger partial charge < -0.3 is 28.7 Å². The summed E-state index contributed by atoms with van der Waals surface area (Å²) in [6.07, 6.45) is -0.177. The second-order valence-corrected chi connectivity index (χ2v) is 11.1. The average Bonchev–Trinajstić information content (AvgIpc) is 3.57. The molecule has 2 aliphatic heterocycles. The van der Waals surface area contributed by atoms with Crippen molar-refractivity contribution in [3.63, 3.8) is 0 Å². The molecule has 2 saturated heterocycles. The molecule has 2 aliphatic rings. The molecule has 1 amide bonds. The predicted octanol–water partition coefficient (Wildman–Crippen LogP) is 4.50. The zero-order valence-corrected chi connectivity index (χ0v) is 25.0. The van der Waals surface area contributed by atoms with Crippen LogP contribution in [-0.4, -0.2) is 85.0 Å². The monoisotopic (exact) mass is 601 g/mol. The molecule has 3 heterocycles. The Balaban J connectivity index is 1.19. The van der Waals surface area contributed by atoms with E-state index in [0.29, 0.717) is 30.8 Å². The highest BCUT2D eigenvalue weighted by atomic mass is 19.1. The van der Waals surface area contributed by atoms with Gasteiger partial charge >= 0.3 is 0 Å². The first-order valence-electron chi connectivity index (χ1n) is 14.6. The minimum absolute atomic E-state index is 0.132. The highest BCUT2D eigenvalue weighted by Crippen LogP contribution is 2.39. The van der Waals surface area contributed by atoms with E-state index in [-0.39, 0.29) is 24.4 Å². The average molecular weight is 602 g/mol. The maximum Gasteiger partial charge on any atom is 0.251 e. The van der Waals surface area contributed by atoms with Gasteiger partial charge in [-0.2, -0.15) is 0 Å². The lowest BCUT2D eigenvalue weighted by Crippen LogP contribution is -2.56. The molecule has 2 fully saturated rings. The predicted molar refractivity (Wildman–Crippen MR) is 162 cm³/mol. The molecule has 0 saturated carbocycles. The molecule has 1 unspecified atom stereocenters. The van der Waals surface area contributed by atoms with Crippen molar-refractivity contribution in [1.82, 2.24) is 19.9 Å². The number of hydrogen-bond acceptors (Lipinski definition) is 8. The van der Waals surface area contributed by atoms with Crippen LogP contribution in [0, 0.1) is 5.82 Å². The van der Waals surface area contributed by atoms with Crippen LogP contribution in [0.3, 0.4) is 0 Å². The number of carbonyl (C=O) groups is 1. The van der Waals surface area contributed by atoms with Crippen LogP contribution >= 0.6 is 0 Å². The number of anilines is 1. The topological polar surface area (TPSA) is 91.2 Å². The summed E-state index contributed by atoms with van der Waals surface area (Å²) >= 11 is 0. The number of amides is 1. The molecule has 4 aromatic rings.